The highest BCUT2D eigenvalue weighted by Gasteiger charge is 2.23. The largest absolute Gasteiger partial charge is 0.327 e. The van der Waals surface area contributed by atoms with Crippen molar-refractivity contribution in [3.63, 3.8) is 0 Å². The molecule has 0 saturated heterocycles. The highest BCUT2D eigenvalue weighted by molar-refractivity contribution is 7.89. The molecule has 5 N–H and O–H groups in total. The average Bonchev–Trinajstić information content (AvgIpc) is 2.29. The van der Waals surface area contributed by atoms with Crippen molar-refractivity contribution in [2.24, 2.45) is 16.3 Å². The number of carbonyl (C=O) groups excluding carboxylic acids is 1. The minimum atomic E-state index is -3.86. The van der Waals surface area contributed by atoms with Crippen molar-refractivity contribution >= 4 is 33.2 Å². The van der Waals surface area contributed by atoms with Crippen LogP contribution in [0.2, 0.25) is 5.02 Å². The van der Waals surface area contributed by atoms with Crippen molar-refractivity contribution in [1.82, 2.24) is 0 Å². The Hall–Kier alpha value is -1.15. The number of benzene rings is 1. The monoisotopic (exact) mass is 333 g/mol. The molecule has 8 heteroatoms. The summed E-state index contributed by atoms with van der Waals surface area (Å²) >= 11 is 5.94. The Morgan fingerprint density at radius 2 is 1.95 bits per heavy atom. The summed E-state index contributed by atoms with van der Waals surface area (Å²) in [7, 11) is -3.86. The van der Waals surface area contributed by atoms with Crippen LogP contribution in [0.3, 0.4) is 0 Å². The maximum absolute atomic E-state index is 12.0. The van der Waals surface area contributed by atoms with E-state index in [0.29, 0.717) is 0 Å². The fraction of sp³-hybridized carbons (Fsp3) is 0.462. The average molecular weight is 334 g/mol. The molecule has 118 valence electrons. The molecular weight excluding hydrogens is 314 g/mol. The number of sulfonamides is 1. The van der Waals surface area contributed by atoms with Gasteiger partial charge in [0.25, 0.3) is 0 Å². The molecule has 0 saturated carbocycles. The van der Waals surface area contributed by atoms with Gasteiger partial charge in [-0.1, -0.05) is 32.4 Å². The molecule has 0 bridgehead atoms. The zero-order valence-corrected chi connectivity index (χ0v) is 13.8. The molecule has 0 fully saturated rings. The van der Waals surface area contributed by atoms with Crippen molar-refractivity contribution in [3.8, 4) is 0 Å². The van der Waals surface area contributed by atoms with Gasteiger partial charge >= 0.3 is 0 Å². The van der Waals surface area contributed by atoms with E-state index in [9.17, 15) is 13.2 Å². The van der Waals surface area contributed by atoms with Gasteiger partial charge in [-0.15, -0.1) is 0 Å². The summed E-state index contributed by atoms with van der Waals surface area (Å²) in [6.45, 7) is 5.79. The summed E-state index contributed by atoms with van der Waals surface area (Å²) in [5.41, 5.74) is 5.90. The molecule has 6 nitrogen and oxygen atoms in total. The number of nitrogens with one attached hydrogen (secondary N) is 1. The fourth-order valence-corrected chi connectivity index (χ4v) is 2.19. The molecule has 0 aliphatic carbocycles. The van der Waals surface area contributed by atoms with E-state index in [1.165, 1.54) is 18.2 Å². The van der Waals surface area contributed by atoms with Crippen molar-refractivity contribution in [1.29, 1.82) is 0 Å². The molecule has 21 heavy (non-hydrogen) atoms. The number of primary sulfonamides is 1. The van der Waals surface area contributed by atoms with Crippen LogP contribution in [0, 0.1) is 5.41 Å². The third kappa shape index (κ3) is 5.28. The lowest BCUT2D eigenvalue weighted by atomic mass is 9.85. The molecule has 0 radical (unpaired) electrons. The Balaban J connectivity index is 2.91. The van der Waals surface area contributed by atoms with E-state index in [0.717, 1.165) is 0 Å². The topological polar surface area (TPSA) is 115 Å². The van der Waals surface area contributed by atoms with E-state index in [-0.39, 0.29) is 39.4 Å². The van der Waals surface area contributed by atoms with Crippen molar-refractivity contribution in [2.75, 3.05) is 5.32 Å². The minimum absolute atomic E-state index is 0.0967. The predicted octanol–water partition coefficient (Wildman–Crippen LogP) is 1.69. The molecule has 1 rings (SSSR count). The van der Waals surface area contributed by atoms with Gasteiger partial charge in [-0.3, -0.25) is 4.79 Å². The lowest BCUT2D eigenvalue weighted by molar-refractivity contribution is -0.117. The van der Waals surface area contributed by atoms with Crippen molar-refractivity contribution < 1.29 is 13.2 Å². The Morgan fingerprint density at radius 1 is 1.38 bits per heavy atom. The third-order valence-corrected chi connectivity index (χ3v) is 4.30. The second kappa shape index (κ2) is 6.31. The van der Waals surface area contributed by atoms with E-state index in [1.807, 2.05) is 20.8 Å². The van der Waals surface area contributed by atoms with E-state index >= 15 is 0 Å². The van der Waals surface area contributed by atoms with E-state index in [2.05, 4.69) is 5.32 Å². The van der Waals surface area contributed by atoms with Crippen LogP contribution >= 0.6 is 11.6 Å². The Labute approximate surface area is 129 Å². The summed E-state index contributed by atoms with van der Waals surface area (Å²) in [4.78, 5) is 11.8. The number of hydrogen-bond donors (Lipinski definition) is 3. The second-order valence-corrected chi connectivity index (χ2v) is 7.88. The number of carbonyl (C=O) groups is 1. The number of amides is 1. The van der Waals surface area contributed by atoms with Crippen LogP contribution in [0.5, 0.6) is 0 Å². The summed E-state index contributed by atoms with van der Waals surface area (Å²) < 4.78 is 22.6. The molecule has 1 atom stereocenters. The van der Waals surface area contributed by atoms with Gasteiger partial charge in [-0.25, -0.2) is 13.6 Å². The van der Waals surface area contributed by atoms with E-state index in [4.69, 9.17) is 22.5 Å². The van der Waals surface area contributed by atoms with Crippen molar-refractivity contribution in [2.45, 2.75) is 38.1 Å². The van der Waals surface area contributed by atoms with Crippen molar-refractivity contribution in [3.05, 3.63) is 23.2 Å². The number of halogens is 1. The molecule has 0 aliphatic rings. The van der Waals surface area contributed by atoms with E-state index < -0.39 is 10.0 Å². The quantitative estimate of drug-likeness (QED) is 0.777. The minimum Gasteiger partial charge on any atom is -0.327 e. The second-order valence-electron chi connectivity index (χ2n) is 5.91. The zero-order valence-electron chi connectivity index (χ0n) is 12.2. The van der Waals surface area contributed by atoms with Gasteiger partial charge in [0.05, 0.1) is 15.6 Å². The smallest absolute Gasteiger partial charge is 0.238 e. The first kappa shape index (κ1) is 17.9. The number of rotatable bonds is 4. The highest BCUT2D eigenvalue weighted by Crippen LogP contribution is 2.26. The van der Waals surface area contributed by atoms with Gasteiger partial charge in [-0.05, 0) is 23.6 Å². The standard InChI is InChI=1S/C13H20ClN3O3S/c1-13(2,3)11(15)7-12(18)17-10-6-8(21(16,19)20)4-5-9(10)14/h4-6,11H,7,15H2,1-3H3,(H,17,18)(H2,16,19,20). The van der Waals surface area contributed by atoms with Gasteiger partial charge < -0.3 is 11.1 Å². The molecule has 0 aromatic heterocycles. The lowest BCUT2D eigenvalue weighted by Gasteiger charge is -2.26. The summed E-state index contributed by atoms with van der Waals surface area (Å²) in [5.74, 6) is -0.342. The number of anilines is 1. The molecule has 0 aliphatic heterocycles. The van der Waals surface area contributed by atoms with Crippen LogP contribution in [0.15, 0.2) is 23.1 Å². The molecule has 0 spiro atoms. The molecule has 1 aromatic carbocycles. The maximum Gasteiger partial charge on any atom is 0.238 e. The van der Waals surface area contributed by atoms with Crippen LogP contribution in [0.4, 0.5) is 5.69 Å². The van der Waals surface area contributed by atoms with Gasteiger partial charge in [0.2, 0.25) is 15.9 Å². The van der Waals surface area contributed by atoms with Gasteiger partial charge in [0.15, 0.2) is 0 Å². The normalized spacial score (nSPS) is 13.8. The maximum atomic E-state index is 12.0. The third-order valence-electron chi connectivity index (χ3n) is 3.06. The Bertz CT molecular complexity index is 639. The summed E-state index contributed by atoms with van der Waals surface area (Å²) in [5, 5.41) is 7.82. The molecular formula is C13H20ClN3O3S. The van der Waals surface area contributed by atoms with Crippen LogP contribution in [-0.4, -0.2) is 20.4 Å². The molecule has 1 aromatic rings. The van der Waals surface area contributed by atoms with Crippen LogP contribution < -0.4 is 16.2 Å². The predicted molar refractivity (Wildman–Crippen MR) is 83.5 cm³/mol. The first-order valence-corrected chi connectivity index (χ1v) is 8.21. The van der Waals surface area contributed by atoms with Gasteiger partial charge in [0, 0.05) is 12.5 Å². The first-order valence-electron chi connectivity index (χ1n) is 6.29. The van der Waals surface area contributed by atoms with Gasteiger partial charge in [0.1, 0.15) is 0 Å². The summed E-state index contributed by atoms with van der Waals surface area (Å²) in [6.07, 6.45) is 0.0967. The first-order chi connectivity index (χ1) is 9.41. The summed E-state index contributed by atoms with van der Waals surface area (Å²) in [6, 6.07) is 3.52. The van der Waals surface area contributed by atoms with Crippen LogP contribution in [0.1, 0.15) is 27.2 Å². The number of hydrogen-bond acceptors (Lipinski definition) is 4. The van der Waals surface area contributed by atoms with Crippen LogP contribution in [0.25, 0.3) is 0 Å². The lowest BCUT2D eigenvalue weighted by Crippen LogP contribution is -2.38. The highest BCUT2D eigenvalue weighted by atomic mass is 35.5. The molecule has 1 amide bonds. The Morgan fingerprint density at radius 3 is 2.43 bits per heavy atom. The molecule has 1 unspecified atom stereocenters. The van der Waals surface area contributed by atoms with Crippen LogP contribution in [-0.2, 0) is 14.8 Å². The van der Waals surface area contributed by atoms with Gasteiger partial charge in [-0.2, -0.15) is 0 Å². The fourth-order valence-electron chi connectivity index (χ4n) is 1.48. The number of nitrogens with two attached hydrogens (primary N) is 2. The molecule has 0 heterocycles. The van der Waals surface area contributed by atoms with E-state index in [1.54, 1.807) is 0 Å². The Kier molecular flexibility index (Phi) is 5.38. The zero-order chi connectivity index (χ0) is 16.4. The SMILES string of the molecule is CC(C)(C)C(N)CC(=O)Nc1cc(S(N)(=O)=O)ccc1Cl.